The summed E-state index contributed by atoms with van der Waals surface area (Å²) in [4.78, 5) is 14.8. The van der Waals surface area contributed by atoms with Gasteiger partial charge in [-0.05, 0) is 101 Å². The molecule has 7 aromatic carbocycles. The molecule has 56 heavy (non-hydrogen) atoms. The number of aromatic nitrogens is 3. The molecule has 0 fully saturated rings. The molecule has 0 saturated carbocycles. The minimum absolute atomic E-state index is 0.645. The van der Waals surface area contributed by atoms with Crippen LogP contribution in [-0.2, 0) is 0 Å². The van der Waals surface area contributed by atoms with Crippen molar-refractivity contribution in [1.82, 2.24) is 15.0 Å². The van der Waals surface area contributed by atoms with Crippen LogP contribution >= 0.6 is 0 Å². The minimum atomic E-state index is 0.645. The Bertz CT molecular complexity index is 3120. The fraction of sp³-hybridized carbons (Fsp3) is 0. The zero-order chi connectivity index (χ0) is 37.0. The van der Waals surface area contributed by atoms with Crippen molar-refractivity contribution in [3.8, 4) is 67.3 Å². The molecule has 0 radical (unpaired) electrons. The summed E-state index contributed by atoms with van der Waals surface area (Å²) in [7, 11) is 0. The van der Waals surface area contributed by atoms with Crippen LogP contribution in [0.2, 0.25) is 0 Å². The molecular weight excluding hydrogens is 687 g/mol. The molecule has 5 nitrogen and oxygen atoms in total. The highest BCUT2D eigenvalue weighted by Crippen LogP contribution is 2.39. The van der Waals surface area contributed by atoms with Crippen LogP contribution in [0.4, 0.5) is 0 Å². The number of pyridine rings is 1. The smallest absolute Gasteiger partial charge is 0.160 e. The Morgan fingerprint density at radius 1 is 0.304 bits per heavy atom. The van der Waals surface area contributed by atoms with Crippen LogP contribution in [0.1, 0.15) is 0 Å². The van der Waals surface area contributed by atoms with Crippen molar-refractivity contribution < 1.29 is 8.83 Å². The summed E-state index contributed by atoms with van der Waals surface area (Å²) in [5.74, 6) is 0.645. The van der Waals surface area contributed by atoms with Crippen LogP contribution in [0.3, 0.4) is 0 Å². The second kappa shape index (κ2) is 13.0. The Balaban J connectivity index is 1.12. The number of hydrogen-bond acceptors (Lipinski definition) is 5. The number of fused-ring (bicyclic) bond motifs is 6. The van der Waals surface area contributed by atoms with E-state index in [1.54, 1.807) is 6.20 Å². The second-order valence-corrected chi connectivity index (χ2v) is 14.1. The molecule has 0 atom stereocenters. The summed E-state index contributed by atoms with van der Waals surface area (Å²) in [5, 5.41) is 4.41. The van der Waals surface area contributed by atoms with E-state index in [4.69, 9.17) is 18.8 Å². The number of nitrogens with zero attached hydrogens (tertiary/aromatic N) is 3. The SMILES string of the molecule is c1ccc(-c2cc(-c3cc(-c4ccc5c(c4)oc4ccccc45)cc(-c4ccc5c(c4)oc4ccccc45)c3)nc(-c3cccc(-c4cccnc4)c3)n2)cc1. The fourth-order valence-electron chi connectivity index (χ4n) is 7.77. The minimum Gasteiger partial charge on any atom is -0.456 e. The van der Waals surface area contributed by atoms with Crippen LogP contribution in [0.25, 0.3) is 111 Å². The molecule has 4 aromatic heterocycles. The average Bonchev–Trinajstić information content (AvgIpc) is 3.84. The Morgan fingerprint density at radius 3 is 1.45 bits per heavy atom. The van der Waals surface area contributed by atoms with E-state index in [0.29, 0.717) is 5.82 Å². The standard InChI is InChI=1S/C51H31N3O2/c1-2-10-32(11-3-1)45-30-46(54-51(53-45)36-13-8-12-33(24-36)37-14-9-23-52-31-37)40-26-38(34-19-21-43-41-15-4-6-17-47(41)55-49(43)28-34)25-39(27-40)35-20-22-44-42-16-5-7-18-48(42)56-50(44)29-35/h1-31H. The van der Waals surface area contributed by atoms with Gasteiger partial charge in [0.2, 0.25) is 0 Å². The monoisotopic (exact) mass is 717 g/mol. The molecule has 0 aliphatic carbocycles. The molecule has 0 bridgehead atoms. The molecule has 0 N–H and O–H groups in total. The van der Waals surface area contributed by atoms with Crippen LogP contribution < -0.4 is 0 Å². The lowest BCUT2D eigenvalue weighted by atomic mass is 9.93. The van der Waals surface area contributed by atoms with Gasteiger partial charge in [0.1, 0.15) is 22.3 Å². The lowest BCUT2D eigenvalue weighted by Crippen LogP contribution is -1.97. The third kappa shape index (κ3) is 5.62. The zero-order valence-electron chi connectivity index (χ0n) is 30.1. The van der Waals surface area contributed by atoms with Crippen LogP contribution in [0.5, 0.6) is 0 Å². The van der Waals surface area contributed by atoms with Crippen molar-refractivity contribution >= 4 is 43.9 Å². The van der Waals surface area contributed by atoms with E-state index in [-0.39, 0.29) is 0 Å². The maximum Gasteiger partial charge on any atom is 0.160 e. The van der Waals surface area contributed by atoms with Gasteiger partial charge in [-0.25, -0.2) is 9.97 Å². The molecule has 0 saturated heterocycles. The van der Waals surface area contributed by atoms with E-state index < -0.39 is 0 Å². The lowest BCUT2D eigenvalue weighted by molar-refractivity contribution is 0.668. The molecular formula is C51H31N3O2. The first kappa shape index (κ1) is 31.9. The Hall–Kier alpha value is -7.63. The summed E-state index contributed by atoms with van der Waals surface area (Å²) in [6.07, 6.45) is 3.67. The van der Waals surface area contributed by atoms with E-state index in [1.165, 1.54) is 0 Å². The van der Waals surface area contributed by atoms with Gasteiger partial charge in [-0.3, -0.25) is 4.98 Å². The highest BCUT2D eigenvalue weighted by molar-refractivity contribution is 6.07. The van der Waals surface area contributed by atoms with Gasteiger partial charge in [0, 0.05) is 56.2 Å². The second-order valence-electron chi connectivity index (χ2n) is 14.1. The van der Waals surface area contributed by atoms with Crippen LogP contribution in [-0.4, -0.2) is 15.0 Å². The first-order chi connectivity index (χ1) is 27.7. The Labute approximate surface area is 322 Å². The normalized spacial score (nSPS) is 11.6. The third-order valence-electron chi connectivity index (χ3n) is 10.6. The van der Waals surface area contributed by atoms with Gasteiger partial charge in [-0.15, -0.1) is 0 Å². The molecule has 0 spiro atoms. The van der Waals surface area contributed by atoms with Crippen LogP contribution in [0, 0.1) is 0 Å². The van der Waals surface area contributed by atoms with Crippen molar-refractivity contribution in [2.24, 2.45) is 0 Å². The number of hydrogen-bond donors (Lipinski definition) is 0. The number of para-hydroxylation sites is 2. The molecule has 4 heterocycles. The fourth-order valence-corrected chi connectivity index (χ4v) is 7.77. The number of rotatable bonds is 6. The number of furan rings is 2. The van der Waals surface area contributed by atoms with Crippen molar-refractivity contribution in [2.75, 3.05) is 0 Å². The highest BCUT2D eigenvalue weighted by atomic mass is 16.3. The molecule has 0 aliphatic heterocycles. The average molecular weight is 718 g/mol. The van der Waals surface area contributed by atoms with Crippen molar-refractivity contribution in [3.05, 3.63) is 188 Å². The largest absolute Gasteiger partial charge is 0.456 e. The van der Waals surface area contributed by atoms with E-state index in [2.05, 4.69) is 132 Å². The van der Waals surface area contributed by atoms with Gasteiger partial charge in [-0.2, -0.15) is 0 Å². The topological polar surface area (TPSA) is 65.0 Å². The van der Waals surface area contributed by atoms with Crippen molar-refractivity contribution in [3.63, 3.8) is 0 Å². The van der Waals surface area contributed by atoms with E-state index in [9.17, 15) is 0 Å². The third-order valence-corrected chi connectivity index (χ3v) is 10.6. The molecule has 5 heteroatoms. The zero-order valence-corrected chi connectivity index (χ0v) is 30.1. The predicted octanol–water partition coefficient (Wildman–Crippen LogP) is 13.7. The Kier molecular flexibility index (Phi) is 7.42. The van der Waals surface area contributed by atoms with Crippen molar-refractivity contribution in [2.45, 2.75) is 0 Å². The van der Waals surface area contributed by atoms with Gasteiger partial charge in [0.15, 0.2) is 5.82 Å². The first-order valence-corrected chi connectivity index (χ1v) is 18.6. The van der Waals surface area contributed by atoms with Crippen molar-refractivity contribution in [1.29, 1.82) is 0 Å². The lowest BCUT2D eigenvalue weighted by Gasteiger charge is -2.14. The summed E-state index contributed by atoms with van der Waals surface area (Å²) >= 11 is 0. The number of benzene rings is 7. The Morgan fingerprint density at radius 2 is 0.804 bits per heavy atom. The van der Waals surface area contributed by atoms with Gasteiger partial charge < -0.3 is 8.83 Å². The van der Waals surface area contributed by atoms with Gasteiger partial charge in [-0.1, -0.05) is 103 Å². The highest BCUT2D eigenvalue weighted by Gasteiger charge is 2.16. The van der Waals surface area contributed by atoms with Gasteiger partial charge >= 0.3 is 0 Å². The van der Waals surface area contributed by atoms with Gasteiger partial charge in [0.25, 0.3) is 0 Å². The summed E-state index contributed by atoms with van der Waals surface area (Å²) in [6, 6.07) is 60.8. The summed E-state index contributed by atoms with van der Waals surface area (Å²) in [5.41, 5.74) is 14.3. The molecule has 0 amide bonds. The van der Waals surface area contributed by atoms with Gasteiger partial charge in [0.05, 0.1) is 11.4 Å². The molecule has 0 unspecified atom stereocenters. The van der Waals surface area contributed by atoms with Crippen LogP contribution in [0.15, 0.2) is 197 Å². The van der Waals surface area contributed by atoms with E-state index in [0.717, 1.165) is 105 Å². The maximum atomic E-state index is 6.36. The first-order valence-electron chi connectivity index (χ1n) is 18.6. The maximum absolute atomic E-state index is 6.36. The molecule has 0 aliphatic rings. The van der Waals surface area contributed by atoms with E-state index >= 15 is 0 Å². The predicted molar refractivity (Wildman–Crippen MR) is 227 cm³/mol. The van der Waals surface area contributed by atoms with E-state index in [1.807, 2.05) is 54.7 Å². The molecule has 11 rings (SSSR count). The molecule has 262 valence electrons. The molecule has 11 aromatic rings. The summed E-state index contributed by atoms with van der Waals surface area (Å²) in [6.45, 7) is 0. The summed E-state index contributed by atoms with van der Waals surface area (Å²) < 4.78 is 12.7. The quantitative estimate of drug-likeness (QED) is 0.171.